The van der Waals surface area contributed by atoms with E-state index in [2.05, 4.69) is 29.4 Å². The third-order valence-electron chi connectivity index (χ3n) is 5.77. The Morgan fingerprint density at radius 2 is 1.76 bits per heavy atom. The highest BCUT2D eigenvalue weighted by Crippen LogP contribution is 2.30. The molecule has 2 amide bonds. The molecule has 0 unspecified atom stereocenters. The number of amides is 2. The van der Waals surface area contributed by atoms with Crippen molar-refractivity contribution in [1.82, 2.24) is 9.91 Å². The summed E-state index contributed by atoms with van der Waals surface area (Å²) in [6.45, 7) is 1.80. The molecule has 2 aromatic rings. The summed E-state index contributed by atoms with van der Waals surface area (Å²) >= 11 is 1.21. The average Bonchev–Trinajstić information content (AvgIpc) is 2.90. The fraction of sp³-hybridized carbons (Fsp3) is 0.444. The lowest BCUT2D eigenvalue weighted by Crippen LogP contribution is -2.29. The van der Waals surface area contributed by atoms with Gasteiger partial charge in [0.05, 0.1) is 33.1 Å². The number of methoxy groups -OCH3 is 2. The van der Waals surface area contributed by atoms with E-state index in [0.29, 0.717) is 36.1 Å². The molecule has 0 bridgehead atoms. The number of hydrazone groups is 1. The number of ether oxygens (including phenoxy) is 3. The van der Waals surface area contributed by atoms with Gasteiger partial charge >= 0.3 is 11.3 Å². The molecule has 0 aliphatic carbocycles. The standard InChI is InChI=1S/C27H36N4O5S/c1-30(2)15-7-5-6-8-16-36-26(32)28-22-12-9-20(10-13-22)18-31-27(33)37-19-23(29-31)21-11-14-24(34-3)25(17-21)35-4/h9-14,17H,5-8,15-16,18-19H2,1-4H3,(H,28,32). The number of nitrogens with zero attached hydrogens (tertiary/aromatic N) is 3. The molecule has 10 heteroatoms. The van der Waals surface area contributed by atoms with Crippen molar-refractivity contribution < 1.29 is 23.8 Å². The second-order valence-corrected chi connectivity index (χ2v) is 9.83. The molecule has 3 rings (SSSR count). The Labute approximate surface area is 223 Å². The van der Waals surface area contributed by atoms with Crippen LogP contribution in [0.15, 0.2) is 47.6 Å². The Kier molecular flexibility index (Phi) is 11.1. The summed E-state index contributed by atoms with van der Waals surface area (Å²) in [5.41, 5.74) is 3.18. The largest absolute Gasteiger partial charge is 0.493 e. The van der Waals surface area contributed by atoms with Gasteiger partial charge in [-0.1, -0.05) is 36.7 Å². The number of hydrogen-bond acceptors (Lipinski definition) is 8. The fourth-order valence-corrected chi connectivity index (χ4v) is 4.48. The first-order chi connectivity index (χ1) is 17.9. The van der Waals surface area contributed by atoms with Gasteiger partial charge < -0.3 is 19.1 Å². The highest BCUT2D eigenvalue weighted by Gasteiger charge is 2.23. The van der Waals surface area contributed by atoms with Gasteiger partial charge in [-0.2, -0.15) is 5.10 Å². The third kappa shape index (κ3) is 8.98. The average molecular weight is 529 g/mol. The van der Waals surface area contributed by atoms with Gasteiger partial charge in [0.25, 0.3) is 0 Å². The molecule has 1 N–H and O–H groups in total. The number of nitrogens with one attached hydrogen (secondary N) is 1. The van der Waals surface area contributed by atoms with Crippen molar-refractivity contribution in [3.63, 3.8) is 0 Å². The van der Waals surface area contributed by atoms with E-state index in [1.54, 1.807) is 26.4 Å². The molecule has 9 nitrogen and oxygen atoms in total. The molecule has 0 radical (unpaired) electrons. The molecule has 0 spiro atoms. The van der Waals surface area contributed by atoms with E-state index in [4.69, 9.17) is 14.2 Å². The number of hydrogen-bond donors (Lipinski definition) is 1. The molecule has 0 fully saturated rings. The Bertz CT molecular complexity index is 1070. The maximum absolute atomic E-state index is 12.5. The number of carbonyl (C=O) groups is 2. The van der Waals surface area contributed by atoms with Crippen molar-refractivity contribution in [1.29, 1.82) is 0 Å². The first-order valence-corrected chi connectivity index (χ1v) is 13.3. The molecule has 1 heterocycles. The van der Waals surface area contributed by atoms with Crippen molar-refractivity contribution in [3.8, 4) is 11.5 Å². The third-order valence-corrected chi connectivity index (χ3v) is 6.64. The fourth-order valence-electron chi connectivity index (χ4n) is 3.75. The molecule has 2 aromatic carbocycles. The zero-order valence-corrected chi connectivity index (χ0v) is 22.8. The molecule has 0 atom stereocenters. The van der Waals surface area contributed by atoms with Crippen LogP contribution in [-0.2, 0) is 11.3 Å². The molecule has 0 aromatic heterocycles. The van der Waals surface area contributed by atoms with Crippen molar-refractivity contribution in [2.24, 2.45) is 5.10 Å². The van der Waals surface area contributed by atoms with Crippen LogP contribution >= 0.6 is 11.8 Å². The lowest BCUT2D eigenvalue weighted by molar-refractivity contribution is 0.159. The van der Waals surface area contributed by atoms with E-state index >= 15 is 0 Å². The highest BCUT2D eigenvalue weighted by atomic mass is 32.2. The summed E-state index contributed by atoms with van der Waals surface area (Å²) in [4.78, 5) is 26.7. The number of thioether (sulfide) groups is 1. The second-order valence-electron chi connectivity index (χ2n) is 8.90. The van der Waals surface area contributed by atoms with Gasteiger partial charge in [0.2, 0.25) is 0 Å². The minimum absolute atomic E-state index is 0.114. The van der Waals surface area contributed by atoms with Crippen LogP contribution in [0.1, 0.15) is 36.8 Å². The van der Waals surface area contributed by atoms with E-state index in [1.807, 2.05) is 30.3 Å². The maximum atomic E-state index is 12.5. The summed E-state index contributed by atoms with van der Waals surface area (Å²) in [5.74, 6) is 1.72. The first-order valence-electron chi connectivity index (χ1n) is 12.3. The van der Waals surface area contributed by atoms with Crippen LogP contribution in [0.25, 0.3) is 0 Å². The lowest BCUT2D eigenvalue weighted by Gasteiger charge is -2.23. The van der Waals surface area contributed by atoms with Crippen LogP contribution in [0, 0.1) is 0 Å². The monoisotopic (exact) mass is 528 g/mol. The van der Waals surface area contributed by atoms with Gasteiger partial charge in [-0.05, 0) is 69.4 Å². The normalized spacial score (nSPS) is 13.4. The SMILES string of the molecule is COc1ccc(C2=NN(Cc3ccc(NC(=O)OCCCCCCN(C)C)cc3)C(=O)SC2)cc1OC. The summed E-state index contributed by atoms with van der Waals surface area (Å²) in [7, 11) is 7.31. The molecular formula is C27H36N4O5S. The zero-order chi connectivity index (χ0) is 26.6. The second kappa shape index (κ2) is 14.5. The summed E-state index contributed by atoms with van der Waals surface area (Å²) in [6.07, 6.45) is 3.71. The van der Waals surface area contributed by atoms with Crippen LogP contribution in [0.4, 0.5) is 15.3 Å². The lowest BCUT2D eigenvalue weighted by atomic mass is 10.1. The van der Waals surface area contributed by atoms with Gasteiger partial charge in [-0.3, -0.25) is 10.1 Å². The summed E-state index contributed by atoms with van der Waals surface area (Å²) in [5, 5.41) is 8.67. The predicted molar refractivity (Wildman–Crippen MR) is 148 cm³/mol. The van der Waals surface area contributed by atoms with Gasteiger partial charge in [0.1, 0.15) is 0 Å². The van der Waals surface area contributed by atoms with E-state index < -0.39 is 6.09 Å². The Hall–Kier alpha value is -3.24. The Morgan fingerprint density at radius 3 is 2.46 bits per heavy atom. The van der Waals surface area contributed by atoms with Crippen LogP contribution < -0.4 is 14.8 Å². The van der Waals surface area contributed by atoms with Crippen molar-refractivity contribution in [3.05, 3.63) is 53.6 Å². The Morgan fingerprint density at radius 1 is 1.03 bits per heavy atom. The predicted octanol–water partition coefficient (Wildman–Crippen LogP) is 5.45. The minimum atomic E-state index is -0.465. The van der Waals surface area contributed by atoms with E-state index in [9.17, 15) is 9.59 Å². The number of rotatable bonds is 13. The highest BCUT2D eigenvalue weighted by molar-refractivity contribution is 8.14. The van der Waals surface area contributed by atoms with E-state index in [-0.39, 0.29) is 5.24 Å². The van der Waals surface area contributed by atoms with Crippen LogP contribution in [0.2, 0.25) is 0 Å². The topological polar surface area (TPSA) is 92.7 Å². The van der Waals surface area contributed by atoms with Crippen LogP contribution in [0.3, 0.4) is 0 Å². The number of anilines is 1. The van der Waals surface area contributed by atoms with Gasteiger partial charge in [-0.15, -0.1) is 0 Å². The van der Waals surface area contributed by atoms with Crippen LogP contribution in [0.5, 0.6) is 11.5 Å². The molecule has 1 aliphatic heterocycles. The molecule has 37 heavy (non-hydrogen) atoms. The number of benzene rings is 2. The maximum Gasteiger partial charge on any atom is 0.411 e. The van der Waals surface area contributed by atoms with Crippen molar-refractivity contribution >= 4 is 34.5 Å². The molecule has 1 aliphatic rings. The number of unbranched alkanes of at least 4 members (excludes halogenated alkanes) is 3. The number of carbonyl (C=O) groups excluding carboxylic acids is 2. The summed E-state index contributed by atoms with van der Waals surface area (Å²) in [6, 6.07) is 12.9. The van der Waals surface area contributed by atoms with E-state index in [1.165, 1.54) is 16.8 Å². The zero-order valence-electron chi connectivity index (χ0n) is 22.0. The minimum Gasteiger partial charge on any atom is -0.493 e. The van der Waals surface area contributed by atoms with E-state index in [0.717, 1.165) is 49.1 Å². The van der Waals surface area contributed by atoms with Gasteiger partial charge in [-0.25, -0.2) is 9.80 Å². The van der Waals surface area contributed by atoms with Crippen LogP contribution in [-0.4, -0.2) is 74.2 Å². The van der Waals surface area contributed by atoms with Crippen molar-refractivity contribution in [2.75, 3.05) is 52.5 Å². The smallest absolute Gasteiger partial charge is 0.411 e. The van der Waals surface area contributed by atoms with Gasteiger partial charge in [0.15, 0.2) is 11.5 Å². The quantitative estimate of drug-likeness (QED) is 0.346. The van der Waals surface area contributed by atoms with Gasteiger partial charge in [0, 0.05) is 17.0 Å². The van der Waals surface area contributed by atoms with Crippen molar-refractivity contribution in [2.45, 2.75) is 32.2 Å². The molecular weight excluding hydrogens is 492 g/mol. The Balaban J connectivity index is 1.50. The molecule has 200 valence electrons. The molecule has 0 saturated heterocycles. The molecule has 0 saturated carbocycles. The first kappa shape index (κ1) is 28.3. The summed E-state index contributed by atoms with van der Waals surface area (Å²) < 4.78 is 16.0.